The van der Waals surface area contributed by atoms with Crippen LogP contribution in [0.15, 0.2) is 67.0 Å². The number of hydrogen-bond acceptors (Lipinski definition) is 10. The summed E-state index contributed by atoms with van der Waals surface area (Å²) in [6, 6.07) is 12.0. The first-order valence-corrected chi connectivity index (χ1v) is 17.9. The number of nitrogens with zero attached hydrogens (tertiary/aromatic N) is 2. The zero-order valence-electron chi connectivity index (χ0n) is 28.9. The van der Waals surface area contributed by atoms with Gasteiger partial charge in [-0.1, -0.05) is 51.1 Å². The molecule has 1 atom stereocenters. The van der Waals surface area contributed by atoms with Crippen molar-refractivity contribution >= 4 is 39.2 Å². The minimum atomic E-state index is -6.05. The van der Waals surface area contributed by atoms with E-state index in [1.165, 1.54) is 23.7 Å². The SMILES string of the molecule is CC(C)(C)OC(=O)CNC(=O)C(Cc1ccc(-c2ncc(-c3ccc(OS(=O)(=O)C(F)(F)F)c(F)c3)cn2)cc1)NC(=O)c1ccc(C(C)(C)C)s1. The second-order valence-electron chi connectivity index (χ2n) is 13.6. The number of hydrogen-bond donors (Lipinski definition) is 2. The van der Waals surface area contributed by atoms with Crippen LogP contribution in [-0.4, -0.2) is 59.9 Å². The van der Waals surface area contributed by atoms with Gasteiger partial charge in [0.2, 0.25) is 5.91 Å². The highest BCUT2D eigenvalue weighted by molar-refractivity contribution is 7.88. The second-order valence-corrected chi connectivity index (χ2v) is 16.2. The summed E-state index contributed by atoms with van der Waals surface area (Å²) in [5.41, 5.74) is -5.01. The number of carbonyl (C=O) groups is 3. The van der Waals surface area contributed by atoms with Crippen LogP contribution in [0.1, 0.15) is 61.7 Å². The molecule has 2 heterocycles. The van der Waals surface area contributed by atoms with E-state index in [0.717, 1.165) is 23.1 Å². The van der Waals surface area contributed by atoms with Crippen molar-refractivity contribution in [1.82, 2.24) is 20.6 Å². The lowest BCUT2D eigenvalue weighted by Gasteiger charge is -2.21. The molecule has 0 radical (unpaired) electrons. The molecule has 4 aromatic rings. The fraction of sp³-hybridized carbons (Fsp3) is 0.343. The molecule has 0 aliphatic carbocycles. The number of rotatable bonds is 11. The normalized spacial score (nSPS) is 12.9. The molecule has 52 heavy (non-hydrogen) atoms. The van der Waals surface area contributed by atoms with Crippen LogP contribution in [0, 0.1) is 5.82 Å². The number of nitrogens with one attached hydrogen (secondary N) is 2. The molecule has 0 saturated carbocycles. The largest absolute Gasteiger partial charge is 0.534 e. The number of alkyl halides is 3. The third-order valence-electron chi connectivity index (χ3n) is 7.07. The number of aromatic nitrogens is 2. The zero-order valence-corrected chi connectivity index (χ0v) is 30.6. The Balaban J connectivity index is 1.48. The molecule has 0 fully saturated rings. The van der Waals surface area contributed by atoms with Gasteiger partial charge in [0.1, 0.15) is 18.2 Å². The van der Waals surface area contributed by atoms with Gasteiger partial charge >= 0.3 is 21.6 Å². The molecular weight excluding hydrogens is 729 g/mol. The average Bonchev–Trinajstić information content (AvgIpc) is 3.55. The molecule has 278 valence electrons. The van der Waals surface area contributed by atoms with E-state index < -0.39 is 63.2 Å². The topological polar surface area (TPSA) is 154 Å². The van der Waals surface area contributed by atoms with Crippen molar-refractivity contribution in [3.63, 3.8) is 0 Å². The van der Waals surface area contributed by atoms with Crippen molar-refractivity contribution in [2.75, 3.05) is 6.54 Å². The molecule has 1 unspecified atom stereocenters. The molecule has 2 aromatic heterocycles. The molecule has 0 aliphatic rings. The van der Waals surface area contributed by atoms with E-state index in [1.807, 2.05) is 26.8 Å². The molecule has 2 N–H and O–H groups in total. The molecular formula is C35H36F4N4O7S2. The summed E-state index contributed by atoms with van der Waals surface area (Å²) in [5.74, 6) is -3.88. The molecule has 0 bridgehead atoms. The second kappa shape index (κ2) is 15.4. The Morgan fingerprint density at radius 3 is 2.02 bits per heavy atom. The van der Waals surface area contributed by atoms with Crippen molar-refractivity contribution in [2.24, 2.45) is 0 Å². The lowest BCUT2D eigenvalue weighted by atomic mass is 9.95. The van der Waals surface area contributed by atoms with Crippen LogP contribution in [0.4, 0.5) is 17.6 Å². The van der Waals surface area contributed by atoms with Crippen LogP contribution in [0.5, 0.6) is 5.75 Å². The van der Waals surface area contributed by atoms with Gasteiger partial charge in [-0.05, 0) is 61.6 Å². The summed E-state index contributed by atoms with van der Waals surface area (Å²) in [7, 11) is -6.05. The van der Waals surface area contributed by atoms with Crippen LogP contribution in [-0.2, 0) is 36.3 Å². The summed E-state index contributed by atoms with van der Waals surface area (Å²) in [4.78, 5) is 48.7. The monoisotopic (exact) mass is 764 g/mol. The van der Waals surface area contributed by atoms with Gasteiger partial charge in [-0.15, -0.1) is 11.3 Å². The molecule has 2 amide bonds. The van der Waals surface area contributed by atoms with Crippen molar-refractivity contribution < 1.29 is 49.3 Å². The van der Waals surface area contributed by atoms with Crippen LogP contribution in [0.25, 0.3) is 22.5 Å². The molecule has 0 spiro atoms. The Kier molecular flexibility index (Phi) is 11.8. The van der Waals surface area contributed by atoms with E-state index in [-0.39, 0.29) is 28.8 Å². The molecule has 11 nitrogen and oxygen atoms in total. The van der Waals surface area contributed by atoms with Gasteiger partial charge in [0, 0.05) is 34.8 Å². The third kappa shape index (κ3) is 10.6. The Bertz CT molecular complexity index is 2040. The van der Waals surface area contributed by atoms with Crippen molar-refractivity contribution in [3.8, 4) is 28.3 Å². The number of ether oxygens (including phenoxy) is 1. The Labute approximate surface area is 301 Å². The van der Waals surface area contributed by atoms with E-state index in [2.05, 4.69) is 24.8 Å². The Morgan fingerprint density at radius 1 is 0.865 bits per heavy atom. The van der Waals surface area contributed by atoms with Gasteiger partial charge in [-0.3, -0.25) is 14.4 Å². The maximum Gasteiger partial charge on any atom is 0.534 e. The van der Waals surface area contributed by atoms with Gasteiger partial charge in [-0.25, -0.2) is 14.4 Å². The van der Waals surface area contributed by atoms with E-state index in [1.54, 1.807) is 51.1 Å². The van der Waals surface area contributed by atoms with Gasteiger partial charge in [0.15, 0.2) is 17.4 Å². The van der Waals surface area contributed by atoms with Crippen LogP contribution >= 0.6 is 11.3 Å². The minimum Gasteiger partial charge on any atom is -0.459 e. The first-order valence-electron chi connectivity index (χ1n) is 15.7. The Morgan fingerprint density at radius 2 is 1.48 bits per heavy atom. The molecule has 0 saturated heterocycles. The number of benzene rings is 2. The van der Waals surface area contributed by atoms with Gasteiger partial charge in [0.05, 0.1) is 4.88 Å². The third-order valence-corrected chi connectivity index (χ3v) is 9.55. The summed E-state index contributed by atoms with van der Waals surface area (Å²) in [5, 5.41) is 5.32. The lowest BCUT2D eigenvalue weighted by Crippen LogP contribution is -2.49. The van der Waals surface area contributed by atoms with Crippen LogP contribution in [0.3, 0.4) is 0 Å². The van der Waals surface area contributed by atoms with Gasteiger partial charge < -0.3 is 19.6 Å². The predicted molar refractivity (Wildman–Crippen MR) is 185 cm³/mol. The standard InChI is InChI=1S/C35H36F4N4O7S2/c1-33(2,3)28-14-13-27(51-28)32(46)43-25(31(45)42-19-29(44)49-34(4,5)6)15-20-7-9-21(10-8-20)30-40-17-23(18-41-30)22-11-12-26(24(36)16-22)50-52(47,48)35(37,38)39/h7-14,16-18,25H,15,19H2,1-6H3,(H,42,45)(H,43,46). The van der Waals surface area contributed by atoms with Crippen molar-refractivity contribution in [1.29, 1.82) is 0 Å². The Hall–Kier alpha value is -4.90. The predicted octanol–water partition coefficient (Wildman–Crippen LogP) is 6.34. The fourth-order valence-corrected chi connectivity index (χ4v) is 5.96. The molecule has 0 aliphatic heterocycles. The smallest absolute Gasteiger partial charge is 0.459 e. The first-order chi connectivity index (χ1) is 24.0. The number of carbonyl (C=O) groups excluding carboxylic acids is 3. The number of esters is 1. The van der Waals surface area contributed by atoms with Crippen molar-refractivity contribution in [2.45, 2.75) is 70.5 Å². The molecule has 4 rings (SSSR count). The summed E-state index contributed by atoms with van der Waals surface area (Å²) in [6.07, 6.45) is 2.75. The lowest BCUT2D eigenvalue weighted by molar-refractivity contribution is -0.154. The van der Waals surface area contributed by atoms with Gasteiger partial charge in [0.25, 0.3) is 5.91 Å². The van der Waals surface area contributed by atoms with E-state index in [4.69, 9.17) is 4.74 Å². The minimum absolute atomic E-state index is 0.0685. The first kappa shape index (κ1) is 39.9. The highest BCUT2D eigenvalue weighted by Gasteiger charge is 2.49. The maximum absolute atomic E-state index is 14.4. The summed E-state index contributed by atoms with van der Waals surface area (Å²) < 4.78 is 83.9. The number of halogens is 4. The molecule has 17 heteroatoms. The van der Waals surface area contributed by atoms with E-state index in [9.17, 15) is 40.4 Å². The van der Waals surface area contributed by atoms with E-state index in [0.29, 0.717) is 16.0 Å². The quantitative estimate of drug-likeness (QED) is 0.0772. The van der Waals surface area contributed by atoms with Crippen LogP contribution < -0.4 is 14.8 Å². The zero-order chi connectivity index (χ0) is 38.6. The maximum atomic E-state index is 14.4. The average molecular weight is 765 g/mol. The number of amides is 2. The van der Waals surface area contributed by atoms with Gasteiger partial charge in [-0.2, -0.15) is 21.6 Å². The van der Waals surface area contributed by atoms with E-state index >= 15 is 0 Å². The number of thiophene rings is 1. The van der Waals surface area contributed by atoms with Crippen LogP contribution in [0.2, 0.25) is 0 Å². The molecule has 2 aromatic carbocycles. The highest BCUT2D eigenvalue weighted by atomic mass is 32.2. The van der Waals surface area contributed by atoms with Crippen molar-refractivity contribution in [3.05, 3.63) is 88.1 Å². The fourth-order valence-electron chi connectivity index (χ4n) is 4.53. The highest BCUT2D eigenvalue weighted by Crippen LogP contribution is 2.32. The summed E-state index contributed by atoms with van der Waals surface area (Å²) in [6.45, 7) is 10.8. The summed E-state index contributed by atoms with van der Waals surface area (Å²) >= 11 is 1.32.